The average Bonchev–Trinajstić information content (AvgIpc) is 2.32. The predicted octanol–water partition coefficient (Wildman–Crippen LogP) is 2.08. The molecule has 1 aromatic rings. The van der Waals surface area contributed by atoms with Gasteiger partial charge in [0.15, 0.2) is 0 Å². The van der Waals surface area contributed by atoms with Crippen LogP contribution in [-0.4, -0.2) is 31.2 Å². The number of nitrogens with one attached hydrogen (secondary N) is 2. The van der Waals surface area contributed by atoms with Crippen LogP contribution in [0.25, 0.3) is 0 Å². The van der Waals surface area contributed by atoms with E-state index in [0.29, 0.717) is 23.9 Å². The molecule has 6 heteroatoms. The van der Waals surface area contributed by atoms with Crippen LogP contribution in [0, 0.1) is 0 Å². The van der Waals surface area contributed by atoms with Crippen molar-refractivity contribution >= 4 is 35.6 Å². The number of carbonyl (C=O) groups is 1. The Morgan fingerprint density at radius 3 is 2.89 bits per heavy atom. The minimum absolute atomic E-state index is 0. The van der Waals surface area contributed by atoms with E-state index in [1.165, 1.54) is 0 Å². The smallest absolute Gasteiger partial charge is 0.244 e. The van der Waals surface area contributed by atoms with Crippen molar-refractivity contribution in [1.82, 2.24) is 5.32 Å². The van der Waals surface area contributed by atoms with Crippen molar-refractivity contribution < 1.29 is 9.53 Å². The molecule has 0 aliphatic carbocycles. The Labute approximate surface area is 117 Å². The van der Waals surface area contributed by atoms with Gasteiger partial charge in [0.05, 0.1) is 23.4 Å². The van der Waals surface area contributed by atoms with Gasteiger partial charge in [-0.05, 0) is 19.1 Å². The van der Waals surface area contributed by atoms with E-state index in [9.17, 15) is 4.79 Å². The summed E-state index contributed by atoms with van der Waals surface area (Å²) >= 11 is 5.98. The minimum Gasteiger partial charge on any atom is -0.375 e. The molecular formula is C12H16Cl2N2O2. The number of amides is 1. The number of carbonyl (C=O) groups excluding carboxylic acids is 1. The van der Waals surface area contributed by atoms with Crippen molar-refractivity contribution in [3.05, 3.63) is 29.3 Å². The maximum absolute atomic E-state index is 12.0. The van der Waals surface area contributed by atoms with E-state index in [-0.39, 0.29) is 30.5 Å². The number of hydrogen-bond acceptors (Lipinski definition) is 3. The number of para-hydroxylation sites is 1. The first-order chi connectivity index (χ1) is 8.18. The second-order valence-corrected chi connectivity index (χ2v) is 4.38. The number of anilines is 1. The van der Waals surface area contributed by atoms with Gasteiger partial charge in [0, 0.05) is 6.54 Å². The Kier molecular flexibility index (Phi) is 5.88. The van der Waals surface area contributed by atoms with Crippen LogP contribution in [0.5, 0.6) is 0 Å². The maximum Gasteiger partial charge on any atom is 0.244 e. The SMILES string of the molecule is C[C@H]1OCCN[C@@H]1C(=O)Nc1ccccc1Cl.Cl. The van der Waals surface area contributed by atoms with E-state index >= 15 is 0 Å². The zero-order valence-electron chi connectivity index (χ0n) is 9.98. The number of rotatable bonds is 2. The third kappa shape index (κ3) is 3.59. The van der Waals surface area contributed by atoms with Gasteiger partial charge in [-0.25, -0.2) is 0 Å². The molecule has 2 N–H and O–H groups in total. The fraction of sp³-hybridized carbons (Fsp3) is 0.417. The summed E-state index contributed by atoms with van der Waals surface area (Å²) < 4.78 is 5.42. The van der Waals surface area contributed by atoms with Crippen molar-refractivity contribution in [1.29, 1.82) is 0 Å². The van der Waals surface area contributed by atoms with Gasteiger partial charge in [-0.2, -0.15) is 0 Å². The number of morpholine rings is 1. The van der Waals surface area contributed by atoms with Crippen molar-refractivity contribution in [3.63, 3.8) is 0 Å². The van der Waals surface area contributed by atoms with Crippen LogP contribution >= 0.6 is 24.0 Å². The standard InChI is InChI=1S/C12H15ClN2O2.ClH/c1-8-11(14-6-7-17-8)12(16)15-10-5-3-2-4-9(10)13;/h2-5,8,11,14H,6-7H2,1H3,(H,15,16);1H/t8-,11+;/m1./s1. The Bertz CT molecular complexity index is 415. The van der Waals surface area contributed by atoms with Crippen LogP contribution in [0.1, 0.15) is 6.92 Å². The number of benzene rings is 1. The van der Waals surface area contributed by atoms with Gasteiger partial charge >= 0.3 is 0 Å². The van der Waals surface area contributed by atoms with Crippen molar-refractivity contribution in [2.75, 3.05) is 18.5 Å². The fourth-order valence-electron chi connectivity index (χ4n) is 1.80. The first-order valence-electron chi connectivity index (χ1n) is 5.59. The zero-order chi connectivity index (χ0) is 12.3. The van der Waals surface area contributed by atoms with Gasteiger partial charge in [0.1, 0.15) is 6.04 Å². The Morgan fingerprint density at radius 2 is 2.22 bits per heavy atom. The minimum atomic E-state index is -0.333. The predicted molar refractivity (Wildman–Crippen MR) is 74.5 cm³/mol. The molecule has 0 spiro atoms. The van der Waals surface area contributed by atoms with Gasteiger partial charge in [-0.1, -0.05) is 23.7 Å². The first kappa shape index (κ1) is 15.2. The van der Waals surface area contributed by atoms with E-state index in [4.69, 9.17) is 16.3 Å². The molecule has 0 aromatic heterocycles. The summed E-state index contributed by atoms with van der Waals surface area (Å²) in [7, 11) is 0. The number of ether oxygens (including phenoxy) is 1. The molecule has 0 saturated carbocycles. The molecule has 1 amide bonds. The highest BCUT2D eigenvalue weighted by molar-refractivity contribution is 6.33. The van der Waals surface area contributed by atoms with E-state index in [1.807, 2.05) is 19.1 Å². The van der Waals surface area contributed by atoms with E-state index < -0.39 is 0 Å². The third-order valence-corrected chi connectivity index (χ3v) is 3.06. The molecule has 0 bridgehead atoms. The molecule has 4 nitrogen and oxygen atoms in total. The largest absolute Gasteiger partial charge is 0.375 e. The van der Waals surface area contributed by atoms with Gasteiger partial charge in [0.2, 0.25) is 5.91 Å². The van der Waals surface area contributed by atoms with Crippen LogP contribution < -0.4 is 10.6 Å². The van der Waals surface area contributed by atoms with Crippen molar-refractivity contribution in [2.24, 2.45) is 0 Å². The molecule has 18 heavy (non-hydrogen) atoms. The molecule has 2 rings (SSSR count). The molecule has 0 unspecified atom stereocenters. The molecule has 2 atom stereocenters. The van der Waals surface area contributed by atoms with E-state index in [2.05, 4.69) is 10.6 Å². The van der Waals surface area contributed by atoms with Gasteiger partial charge in [0.25, 0.3) is 0 Å². The van der Waals surface area contributed by atoms with Crippen molar-refractivity contribution in [3.8, 4) is 0 Å². The molecule has 0 radical (unpaired) electrons. The zero-order valence-corrected chi connectivity index (χ0v) is 11.6. The second-order valence-electron chi connectivity index (χ2n) is 3.98. The molecule has 1 fully saturated rings. The van der Waals surface area contributed by atoms with Crippen molar-refractivity contribution in [2.45, 2.75) is 19.1 Å². The molecular weight excluding hydrogens is 275 g/mol. The maximum atomic E-state index is 12.0. The Morgan fingerprint density at radius 1 is 1.50 bits per heavy atom. The molecule has 1 saturated heterocycles. The van der Waals surface area contributed by atoms with Crippen LogP contribution in [0.15, 0.2) is 24.3 Å². The molecule has 1 aliphatic heterocycles. The number of halogens is 2. The van der Waals surface area contributed by atoms with E-state index in [0.717, 1.165) is 0 Å². The summed E-state index contributed by atoms with van der Waals surface area (Å²) in [6, 6.07) is 6.83. The first-order valence-corrected chi connectivity index (χ1v) is 5.96. The summed E-state index contributed by atoms with van der Waals surface area (Å²) in [5, 5.41) is 6.46. The summed E-state index contributed by atoms with van der Waals surface area (Å²) in [5.41, 5.74) is 0.624. The van der Waals surface area contributed by atoms with Crippen LogP contribution in [0.2, 0.25) is 5.02 Å². The molecule has 1 aromatic carbocycles. The molecule has 1 aliphatic rings. The van der Waals surface area contributed by atoms with Gasteiger partial charge < -0.3 is 15.4 Å². The fourth-order valence-corrected chi connectivity index (χ4v) is 1.98. The van der Waals surface area contributed by atoms with Gasteiger partial charge in [-0.15, -0.1) is 12.4 Å². The third-order valence-electron chi connectivity index (χ3n) is 2.73. The van der Waals surface area contributed by atoms with E-state index in [1.54, 1.807) is 12.1 Å². The highest BCUT2D eigenvalue weighted by atomic mass is 35.5. The Hall–Kier alpha value is -0.810. The quantitative estimate of drug-likeness (QED) is 0.877. The summed E-state index contributed by atoms with van der Waals surface area (Å²) in [6.07, 6.45) is -0.133. The highest BCUT2D eigenvalue weighted by Crippen LogP contribution is 2.21. The number of hydrogen-bond donors (Lipinski definition) is 2. The Balaban J connectivity index is 0.00000162. The highest BCUT2D eigenvalue weighted by Gasteiger charge is 2.28. The molecule has 1 heterocycles. The topological polar surface area (TPSA) is 50.4 Å². The average molecular weight is 291 g/mol. The van der Waals surface area contributed by atoms with Crippen LogP contribution in [0.4, 0.5) is 5.69 Å². The summed E-state index contributed by atoms with van der Waals surface area (Å²) in [5.74, 6) is -0.120. The lowest BCUT2D eigenvalue weighted by Gasteiger charge is -2.29. The van der Waals surface area contributed by atoms with Gasteiger partial charge in [-0.3, -0.25) is 4.79 Å². The lowest BCUT2D eigenvalue weighted by Crippen LogP contribution is -2.53. The lowest BCUT2D eigenvalue weighted by atomic mass is 10.1. The second kappa shape index (κ2) is 6.95. The monoisotopic (exact) mass is 290 g/mol. The van der Waals surface area contributed by atoms with Crippen LogP contribution in [-0.2, 0) is 9.53 Å². The molecule has 100 valence electrons. The summed E-state index contributed by atoms with van der Waals surface area (Å²) in [6.45, 7) is 3.20. The van der Waals surface area contributed by atoms with Crippen LogP contribution in [0.3, 0.4) is 0 Å². The summed E-state index contributed by atoms with van der Waals surface area (Å²) in [4.78, 5) is 12.0. The normalized spacial score (nSPS) is 23.0. The lowest BCUT2D eigenvalue weighted by molar-refractivity contribution is -0.123.